The van der Waals surface area contributed by atoms with Gasteiger partial charge in [-0.15, -0.1) is 0 Å². The number of aliphatic hydroxyl groups excluding tert-OH is 2. The lowest BCUT2D eigenvalue weighted by molar-refractivity contribution is -0.143. The van der Waals surface area contributed by atoms with Crippen molar-refractivity contribution in [2.75, 3.05) is 13.2 Å². The fourth-order valence-corrected chi connectivity index (χ4v) is 10.8. The highest BCUT2D eigenvalue weighted by Crippen LogP contribution is 2.18. The van der Waals surface area contributed by atoms with Gasteiger partial charge in [-0.05, 0) is 96.3 Å². The molecule has 0 spiro atoms. The molecule has 0 rings (SSSR count). The summed E-state index contributed by atoms with van der Waals surface area (Å²) in [5.41, 5.74) is 0. The van der Waals surface area contributed by atoms with Crippen LogP contribution < -0.4 is 5.32 Å². The van der Waals surface area contributed by atoms with E-state index in [4.69, 9.17) is 4.74 Å². The minimum absolute atomic E-state index is 0.00553. The number of hydrogen-bond acceptors (Lipinski definition) is 5. The number of amides is 1. The van der Waals surface area contributed by atoms with Gasteiger partial charge in [-0.25, -0.2) is 0 Å². The van der Waals surface area contributed by atoms with E-state index in [0.29, 0.717) is 19.4 Å². The van der Waals surface area contributed by atoms with Gasteiger partial charge in [-0.3, -0.25) is 9.59 Å². The van der Waals surface area contributed by atoms with Crippen LogP contribution in [0.3, 0.4) is 0 Å². The monoisotopic (exact) mass is 1120 g/mol. The summed E-state index contributed by atoms with van der Waals surface area (Å²) in [6.07, 6.45) is 91.5. The van der Waals surface area contributed by atoms with Gasteiger partial charge >= 0.3 is 5.97 Å². The van der Waals surface area contributed by atoms with E-state index < -0.39 is 12.1 Å². The average Bonchev–Trinajstić information content (AvgIpc) is 3.46. The van der Waals surface area contributed by atoms with E-state index in [1.54, 1.807) is 6.08 Å². The third-order valence-corrected chi connectivity index (χ3v) is 16.3. The fourth-order valence-electron chi connectivity index (χ4n) is 10.8. The molecule has 0 aliphatic heterocycles. The normalized spacial score (nSPS) is 12.9. The molecule has 468 valence electrons. The van der Waals surface area contributed by atoms with Crippen molar-refractivity contribution in [3.63, 3.8) is 0 Å². The third kappa shape index (κ3) is 64.7. The molecular weight excluding hydrogens is 983 g/mol. The van der Waals surface area contributed by atoms with E-state index >= 15 is 0 Å². The van der Waals surface area contributed by atoms with Gasteiger partial charge < -0.3 is 20.3 Å². The van der Waals surface area contributed by atoms with Crippen molar-refractivity contribution in [3.8, 4) is 0 Å². The molecule has 0 radical (unpaired) electrons. The number of rotatable bonds is 66. The van der Waals surface area contributed by atoms with Crippen molar-refractivity contribution in [1.82, 2.24) is 5.32 Å². The number of esters is 1. The molecule has 0 fully saturated rings. The Kier molecular flexibility index (Phi) is 66.9. The van der Waals surface area contributed by atoms with Gasteiger partial charge in [0.05, 0.1) is 25.4 Å². The van der Waals surface area contributed by atoms with Crippen LogP contribution in [0.5, 0.6) is 0 Å². The number of unbranched alkanes of at least 4 members (excludes halogenated alkanes) is 47. The Balaban J connectivity index is 3.47. The van der Waals surface area contributed by atoms with Crippen molar-refractivity contribution < 1.29 is 24.5 Å². The summed E-state index contributed by atoms with van der Waals surface area (Å²) in [5, 5.41) is 23.3. The molecule has 0 aromatic rings. The second kappa shape index (κ2) is 69.1. The molecule has 80 heavy (non-hydrogen) atoms. The van der Waals surface area contributed by atoms with Crippen LogP contribution in [0.1, 0.15) is 373 Å². The number of allylic oxidation sites excluding steroid dienone is 9. The lowest BCUT2D eigenvalue weighted by Crippen LogP contribution is -2.45. The van der Waals surface area contributed by atoms with Crippen molar-refractivity contribution in [2.45, 2.75) is 386 Å². The molecule has 1 amide bonds. The lowest BCUT2D eigenvalue weighted by atomic mass is 10.0. The van der Waals surface area contributed by atoms with Crippen molar-refractivity contribution >= 4 is 11.9 Å². The molecule has 0 heterocycles. The largest absolute Gasteiger partial charge is 0.466 e. The smallest absolute Gasteiger partial charge is 0.305 e. The maximum absolute atomic E-state index is 12.5. The first kappa shape index (κ1) is 77.6. The number of nitrogens with one attached hydrogen (secondary N) is 1. The summed E-state index contributed by atoms with van der Waals surface area (Å²) in [7, 11) is 0. The number of carbonyl (C=O) groups excluding carboxylic acids is 2. The average molecular weight is 1120 g/mol. The molecule has 0 aromatic heterocycles. The molecule has 0 aliphatic rings. The van der Waals surface area contributed by atoms with Gasteiger partial charge in [-0.2, -0.15) is 0 Å². The first-order chi connectivity index (χ1) is 39.5. The van der Waals surface area contributed by atoms with Gasteiger partial charge in [0.15, 0.2) is 0 Å². The van der Waals surface area contributed by atoms with E-state index in [1.165, 1.54) is 289 Å². The lowest BCUT2D eigenvalue weighted by Gasteiger charge is -2.20. The standard InChI is InChI=1S/C74H137NO5/c1-3-5-7-9-11-13-15-17-19-20-21-22-26-29-32-35-39-42-46-50-54-58-62-66-72(77)71(70-76)75-73(78)67-63-59-55-51-47-43-40-36-33-30-27-24-23-25-28-31-34-37-41-45-49-53-57-61-65-69-80-74(79)68-64-60-56-52-48-44-38-18-16-14-12-10-8-6-4-2/h12,14,18,24-25,27-28,38,62,66,71-72,76-77H,3-11,13,15-17,19-23,26,29-37,39-61,63-65,67-70H2,1-2H3,(H,75,78)/b14-12-,27-24-,28-25-,38-18-,66-62+. The highest BCUT2D eigenvalue weighted by molar-refractivity contribution is 5.76. The predicted octanol–water partition coefficient (Wildman–Crippen LogP) is 23.0. The Bertz CT molecular complexity index is 1380. The number of ether oxygens (including phenoxy) is 1. The zero-order chi connectivity index (χ0) is 57.8. The van der Waals surface area contributed by atoms with E-state index in [0.717, 1.165) is 57.8 Å². The number of carbonyl (C=O) groups is 2. The highest BCUT2D eigenvalue weighted by Gasteiger charge is 2.18. The van der Waals surface area contributed by atoms with Crippen LogP contribution in [-0.2, 0) is 14.3 Å². The van der Waals surface area contributed by atoms with Crippen LogP contribution in [0.4, 0.5) is 0 Å². The number of aliphatic hydroxyl groups is 2. The van der Waals surface area contributed by atoms with E-state index in [-0.39, 0.29) is 18.5 Å². The zero-order valence-electron chi connectivity index (χ0n) is 53.6. The third-order valence-electron chi connectivity index (χ3n) is 16.3. The van der Waals surface area contributed by atoms with Gasteiger partial charge in [-0.1, -0.05) is 325 Å². The fraction of sp³-hybridized carbons (Fsp3) is 0.838. The summed E-state index contributed by atoms with van der Waals surface area (Å²) in [5.74, 6) is -0.0770. The molecule has 3 N–H and O–H groups in total. The Morgan fingerprint density at radius 1 is 0.350 bits per heavy atom. The summed E-state index contributed by atoms with van der Waals surface area (Å²) in [6, 6.07) is -0.635. The molecule has 6 heteroatoms. The summed E-state index contributed by atoms with van der Waals surface area (Å²) >= 11 is 0. The maximum atomic E-state index is 12.5. The van der Waals surface area contributed by atoms with Gasteiger partial charge in [0, 0.05) is 12.8 Å². The van der Waals surface area contributed by atoms with Crippen LogP contribution in [0, 0.1) is 0 Å². The second-order valence-corrected chi connectivity index (χ2v) is 24.2. The molecule has 2 unspecified atom stereocenters. The Morgan fingerprint density at radius 2 is 0.625 bits per heavy atom. The number of hydrogen-bond donors (Lipinski definition) is 3. The topological polar surface area (TPSA) is 95.9 Å². The zero-order valence-corrected chi connectivity index (χ0v) is 53.6. The Morgan fingerprint density at radius 3 is 0.975 bits per heavy atom. The quantitative estimate of drug-likeness (QED) is 0.0320. The van der Waals surface area contributed by atoms with Crippen LogP contribution in [0.25, 0.3) is 0 Å². The van der Waals surface area contributed by atoms with Crippen molar-refractivity contribution in [3.05, 3.63) is 60.8 Å². The highest BCUT2D eigenvalue weighted by atomic mass is 16.5. The second-order valence-electron chi connectivity index (χ2n) is 24.2. The molecule has 2 atom stereocenters. The first-order valence-corrected chi connectivity index (χ1v) is 35.6. The minimum Gasteiger partial charge on any atom is -0.466 e. The molecule has 0 saturated carbocycles. The van der Waals surface area contributed by atoms with Gasteiger partial charge in [0.25, 0.3) is 0 Å². The van der Waals surface area contributed by atoms with E-state index in [9.17, 15) is 19.8 Å². The summed E-state index contributed by atoms with van der Waals surface area (Å²) < 4.78 is 5.48. The molecule has 0 bridgehead atoms. The van der Waals surface area contributed by atoms with Crippen LogP contribution in [0.15, 0.2) is 60.8 Å². The van der Waals surface area contributed by atoms with Crippen LogP contribution in [0.2, 0.25) is 0 Å². The Hall–Kier alpha value is -2.44. The SMILES string of the molecule is CCCCC/C=C\C/C=C\CCCCCCCC(=O)OCCCCCCCCCCC/C=C\C/C=C\CCCCCCCCCCCC(=O)NC(CO)C(O)/C=C/CCCCCCCCCCCCCCCCCCCCCCC. The Labute approximate surface area is 499 Å². The molecular formula is C74H137NO5. The van der Waals surface area contributed by atoms with Gasteiger partial charge in [0.2, 0.25) is 5.91 Å². The maximum Gasteiger partial charge on any atom is 0.305 e. The van der Waals surface area contributed by atoms with Crippen molar-refractivity contribution in [2.24, 2.45) is 0 Å². The molecule has 0 saturated heterocycles. The minimum atomic E-state index is -0.851. The molecule has 0 aliphatic carbocycles. The van der Waals surface area contributed by atoms with Crippen LogP contribution >= 0.6 is 0 Å². The molecule has 6 nitrogen and oxygen atoms in total. The van der Waals surface area contributed by atoms with E-state index in [2.05, 4.69) is 67.8 Å². The summed E-state index contributed by atoms with van der Waals surface area (Å²) in [4.78, 5) is 24.6. The van der Waals surface area contributed by atoms with E-state index in [1.807, 2.05) is 6.08 Å². The molecule has 0 aromatic carbocycles. The summed E-state index contributed by atoms with van der Waals surface area (Å²) in [6.45, 7) is 4.89. The van der Waals surface area contributed by atoms with Crippen LogP contribution in [-0.4, -0.2) is 47.4 Å². The predicted molar refractivity (Wildman–Crippen MR) is 352 cm³/mol. The van der Waals surface area contributed by atoms with Gasteiger partial charge in [0.1, 0.15) is 0 Å². The first-order valence-electron chi connectivity index (χ1n) is 35.6. The van der Waals surface area contributed by atoms with Crippen molar-refractivity contribution in [1.29, 1.82) is 0 Å².